The van der Waals surface area contributed by atoms with Crippen LogP contribution in [0.1, 0.15) is 32.6 Å². The molecule has 1 fully saturated rings. The lowest BCUT2D eigenvalue weighted by Gasteiger charge is -2.39. The fourth-order valence-electron chi connectivity index (χ4n) is 3.75. The van der Waals surface area contributed by atoms with Crippen LogP contribution in [0.4, 0.5) is 0 Å². The molecular weight excluding hydrogens is 372 g/mol. The number of aliphatic imine (C=N–C) groups is 1. The summed E-state index contributed by atoms with van der Waals surface area (Å²) < 4.78 is 36.2. The van der Waals surface area contributed by atoms with Crippen LogP contribution >= 0.6 is 11.7 Å². The number of rotatable bonds is 3. The molecule has 8 nitrogen and oxygen atoms in total. The minimum Gasteiger partial charge on any atom is -0.343 e. The Hall–Kier alpha value is -1.78. The van der Waals surface area contributed by atoms with E-state index in [0.29, 0.717) is 36.3 Å². The summed E-state index contributed by atoms with van der Waals surface area (Å²) in [5.74, 6) is 0.929. The molecular formula is C16H22N6O2S2. The molecule has 2 heterocycles. The van der Waals surface area contributed by atoms with Gasteiger partial charge in [0.05, 0.1) is 25.1 Å². The molecule has 1 aromatic carbocycles. The van der Waals surface area contributed by atoms with Crippen molar-refractivity contribution in [3.05, 3.63) is 18.2 Å². The monoisotopic (exact) mass is 394 g/mol. The van der Waals surface area contributed by atoms with Crippen LogP contribution in [0.5, 0.6) is 0 Å². The van der Waals surface area contributed by atoms with Crippen molar-refractivity contribution < 1.29 is 8.42 Å². The van der Waals surface area contributed by atoms with E-state index in [9.17, 15) is 8.42 Å². The van der Waals surface area contributed by atoms with E-state index in [1.54, 1.807) is 12.1 Å². The summed E-state index contributed by atoms with van der Waals surface area (Å²) in [6, 6.07) is 5.46. The van der Waals surface area contributed by atoms with E-state index in [0.717, 1.165) is 11.7 Å². The Labute approximate surface area is 157 Å². The van der Waals surface area contributed by atoms with E-state index in [1.165, 1.54) is 31.7 Å². The summed E-state index contributed by atoms with van der Waals surface area (Å²) in [6.45, 7) is 3.38. The molecule has 140 valence electrons. The largest absolute Gasteiger partial charge is 0.343 e. The Morgan fingerprint density at radius 2 is 2.12 bits per heavy atom. The van der Waals surface area contributed by atoms with Crippen molar-refractivity contribution in [2.45, 2.75) is 43.5 Å². The van der Waals surface area contributed by atoms with Crippen LogP contribution in [-0.2, 0) is 10.0 Å². The highest BCUT2D eigenvalue weighted by Gasteiger charge is 2.29. The van der Waals surface area contributed by atoms with Crippen LogP contribution < -0.4 is 10.0 Å². The van der Waals surface area contributed by atoms with Crippen molar-refractivity contribution in [2.24, 2.45) is 10.9 Å². The first kappa shape index (κ1) is 17.6. The molecule has 0 amide bonds. The molecule has 2 atom stereocenters. The van der Waals surface area contributed by atoms with Gasteiger partial charge in [-0.05, 0) is 30.9 Å². The van der Waals surface area contributed by atoms with Crippen molar-refractivity contribution in [1.82, 2.24) is 23.7 Å². The van der Waals surface area contributed by atoms with Gasteiger partial charge in [-0.3, -0.25) is 4.90 Å². The van der Waals surface area contributed by atoms with Crippen molar-refractivity contribution in [3.8, 4) is 0 Å². The molecule has 2 aromatic rings. The first-order valence-corrected chi connectivity index (χ1v) is 11.0. The van der Waals surface area contributed by atoms with Crippen molar-refractivity contribution in [1.29, 1.82) is 0 Å². The van der Waals surface area contributed by atoms with Gasteiger partial charge in [-0.1, -0.05) is 25.8 Å². The molecule has 1 aromatic heterocycles. The molecule has 0 bridgehead atoms. The van der Waals surface area contributed by atoms with Crippen LogP contribution in [0, 0.1) is 5.92 Å². The zero-order valence-electron chi connectivity index (χ0n) is 14.6. The number of nitrogens with one attached hydrogen (secondary N) is 2. The van der Waals surface area contributed by atoms with Gasteiger partial charge in [0.15, 0.2) is 0 Å². The Balaban J connectivity index is 1.48. The fourth-order valence-corrected chi connectivity index (χ4v) is 5.53. The lowest BCUT2D eigenvalue weighted by atomic mass is 9.85. The summed E-state index contributed by atoms with van der Waals surface area (Å²) in [5, 5.41) is 3.11. The van der Waals surface area contributed by atoms with E-state index in [1.807, 2.05) is 0 Å². The van der Waals surface area contributed by atoms with E-state index < -0.39 is 10.0 Å². The molecule has 10 heteroatoms. The van der Waals surface area contributed by atoms with Gasteiger partial charge < -0.3 is 5.32 Å². The molecule has 0 spiro atoms. The predicted octanol–water partition coefficient (Wildman–Crippen LogP) is 1.72. The highest BCUT2D eigenvalue weighted by molar-refractivity contribution is 7.90. The lowest BCUT2D eigenvalue weighted by molar-refractivity contribution is 0.106. The van der Waals surface area contributed by atoms with Crippen LogP contribution in [-0.4, -0.2) is 47.4 Å². The topological polar surface area (TPSA) is 99.6 Å². The molecule has 2 N–H and O–H groups in total. The van der Waals surface area contributed by atoms with Gasteiger partial charge in [-0.15, -0.1) is 0 Å². The van der Waals surface area contributed by atoms with Crippen molar-refractivity contribution in [2.75, 3.05) is 13.3 Å². The summed E-state index contributed by atoms with van der Waals surface area (Å²) in [4.78, 5) is 6.81. The quantitative estimate of drug-likeness (QED) is 0.822. The summed E-state index contributed by atoms with van der Waals surface area (Å²) in [5.41, 5.74) is 0.966. The normalized spacial score (nSPS) is 24.9. The number of aromatic nitrogens is 2. The smallest absolute Gasteiger partial charge is 0.266 e. The fraction of sp³-hybridized carbons (Fsp3) is 0.562. The van der Waals surface area contributed by atoms with Crippen molar-refractivity contribution >= 4 is 38.7 Å². The Kier molecular flexibility index (Phi) is 4.80. The Bertz CT molecular complexity index is 926. The third-order valence-corrected chi connectivity index (χ3v) is 7.08. The van der Waals surface area contributed by atoms with Crippen LogP contribution in [0.25, 0.3) is 11.0 Å². The maximum Gasteiger partial charge on any atom is 0.266 e. The third kappa shape index (κ3) is 3.40. The first-order valence-electron chi connectivity index (χ1n) is 8.81. The molecule has 0 saturated heterocycles. The molecule has 1 saturated carbocycles. The van der Waals surface area contributed by atoms with E-state index in [-0.39, 0.29) is 10.9 Å². The lowest BCUT2D eigenvalue weighted by Crippen LogP contribution is -2.54. The van der Waals surface area contributed by atoms with Crippen molar-refractivity contribution in [3.63, 3.8) is 0 Å². The van der Waals surface area contributed by atoms with Gasteiger partial charge in [0, 0.05) is 6.04 Å². The number of hydrogen-bond donors (Lipinski definition) is 2. The maximum atomic E-state index is 12.7. The minimum absolute atomic E-state index is 0.122. The Morgan fingerprint density at radius 3 is 2.88 bits per heavy atom. The molecule has 2 aliphatic rings. The number of benzene rings is 1. The van der Waals surface area contributed by atoms with Gasteiger partial charge >= 0.3 is 0 Å². The molecule has 1 aliphatic heterocycles. The van der Waals surface area contributed by atoms with Gasteiger partial charge in [0.1, 0.15) is 15.9 Å². The van der Waals surface area contributed by atoms with Crippen LogP contribution in [0.15, 0.2) is 28.1 Å². The van der Waals surface area contributed by atoms with Gasteiger partial charge in [-0.2, -0.15) is 8.75 Å². The van der Waals surface area contributed by atoms with E-state index >= 15 is 0 Å². The van der Waals surface area contributed by atoms with Gasteiger partial charge in [0.2, 0.25) is 5.96 Å². The number of guanidine groups is 1. The average molecular weight is 395 g/mol. The van der Waals surface area contributed by atoms with E-state index in [2.05, 4.69) is 35.6 Å². The summed E-state index contributed by atoms with van der Waals surface area (Å²) in [7, 11) is -3.77. The summed E-state index contributed by atoms with van der Waals surface area (Å²) in [6.07, 6.45) is 4.97. The van der Waals surface area contributed by atoms with Crippen LogP contribution in [0.3, 0.4) is 0 Å². The standard InChI is InChI=1S/C16H22N6O2S2/c1-11-5-2-3-7-13(11)22-9-17-16(18-10-22)21-26(23,24)14-8-4-6-12-15(14)20-25-19-12/h4,6,8,11,13H,2-3,5,7,9-10H2,1H3,(H2,17,18,21). The number of fused-ring (bicyclic) bond motifs is 1. The molecule has 26 heavy (non-hydrogen) atoms. The molecule has 1 aliphatic carbocycles. The molecule has 2 unspecified atom stereocenters. The summed E-state index contributed by atoms with van der Waals surface area (Å²) >= 11 is 1.00. The predicted molar refractivity (Wildman–Crippen MR) is 101 cm³/mol. The second-order valence-electron chi connectivity index (χ2n) is 6.89. The van der Waals surface area contributed by atoms with Crippen LogP contribution in [0.2, 0.25) is 0 Å². The second kappa shape index (κ2) is 7.09. The van der Waals surface area contributed by atoms with E-state index in [4.69, 9.17) is 0 Å². The second-order valence-corrected chi connectivity index (χ2v) is 9.07. The first-order chi connectivity index (χ1) is 12.5. The minimum atomic E-state index is -3.77. The molecule has 0 radical (unpaired) electrons. The highest BCUT2D eigenvalue weighted by Crippen LogP contribution is 2.28. The zero-order valence-corrected chi connectivity index (χ0v) is 16.2. The SMILES string of the molecule is CC1CCCCC1N1CN=C(NS(=O)(=O)c2cccc3nsnc23)NC1. The van der Waals surface area contributed by atoms with Gasteiger partial charge in [0.25, 0.3) is 10.0 Å². The zero-order chi connectivity index (χ0) is 18.1. The van der Waals surface area contributed by atoms with Gasteiger partial charge in [-0.25, -0.2) is 18.1 Å². The number of hydrogen-bond acceptors (Lipinski definition) is 8. The number of nitrogens with zero attached hydrogens (tertiary/aromatic N) is 4. The maximum absolute atomic E-state index is 12.7. The average Bonchev–Trinajstić information content (AvgIpc) is 3.11. The number of sulfonamides is 1. The molecule has 4 rings (SSSR count). The third-order valence-electron chi connectivity index (χ3n) is 5.16. The Morgan fingerprint density at radius 1 is 1.27 bits per heavy atom. The highest BCUT2D eigenvalue weighted by atomic mass is 32.2.